The van der Waals surface area contributed by atoms with Crippen molar-refractivity contribution in [1.82, 2.24) is 10.9 Å². The van der Waals surface area contributed by atoms with Crippen molar-refractivity contribution in [2.45, 2.75) is 26.9 Å². The van der Waals surface area contributed by atoms with Crippen molar-refractivity contribution >= 4 is 23.4 Å². The molecule has 0 unspecified atom stereocenters. The van der Waals surface area contributed by atoms with Gasteiger partial charge in [0, 0.05) is 10.6 Å². The minimum Gasteiger partial charge on any atom is -0.493 e. The van der Waals surface area contributed by atoms with E-state index in [1.807, 2.05) is 20.8 Å². The summed E-state index contributed by atoms with van der Waals surface area (Å²) in [7, 11) is 1.49. The molecule has 2 rings (SSSR count). The number of rotatable bonds is 7. The summed E-state index contributed by atoms with van der Waals surface area (Å²) in [6.45, 7) is 5.36. The van der Waals surface area contributed by atoms with Gasteiger partial charge < -0.3 is 14.2 Å². The van der Waals surface area contributed by atoms with Crippen LogP contribution < -0.4 is 25.1 Å². The van der Waals surface area contributed by atoms with E-state index in [0.717, 1.165) is 5.56 Å². The highest BCUT2D eigenvalue weighted by molar-refractivity contribution is 6.31. The number of hydrogen-bond donors (Lipinski definition) is 2. The Hall–Kier alpha value is -2.93. The van der Waals surface area contributed by atoms with E-state index in [-0.39, 0.29) is 12.7 Å². The van der Waals surface area contributed by atoms with Crippen molar-refractivity contribution in [3.63, 3.8) is 0 Å². The van der Waals surface area contributed by atoms with Gasteiger partial charge in [0.2, 0.25) is 0 Å². The Balaban J connectivity index is 1.88. The minimum absolute atomic E-state index is 0.0303. The van der Waals surface area contributed by atoms with E-state index < -0.39 is 11.8 Å². The summed E-state index contributed by atoms with van der Waals surface area (Å²) in [5, 5.41) is 0.615. The first-order valence-electron chi connectivity index (χ1n) is 8.63. The van der Waals surface area contributed by atoms with Gasteiger partial charge in [0.05, 0.1) is 13.2 Å². The van der Waals surface area contributed by atoms with Crippen LogP contribution in [0.4, 0.5) is 0 Å². The Labute approximate surface area is 168 Å². The first kappa shape index (κ1) is 21.4. The molecule has 0 atom stereocenters. The number of ether oxygens (including phenoxy) is 3. The maximum absolute atomic E-state index is 12.2. The Kier molecular flexibility index (Phi) is 7.52. The molecule has 0 heterocycles. The lowest BCUT2D eigenvalue weighted by molar-refractivity contribution is -0.123. The molecule has 0 aliphatic rings. The average molecular weight is 407 g/mol. The highest BCUT2D eigenvalue weighted by Crippen LogP contribution is 2.28. The molecule has 0 fully saturated rings. The van der Waals surface area contributed by atoms with Gasteiger partial charge in [-0.05, 0) is 62.7 Å². The van der Waals surface area contributed by atoms with E-state index in [4.69, 9.17) is 25.8 Å². The maximum Gasteiger partial charge on any atom is 0.276 e. The first-order valence-corrected chi connectivity index (χ1v) is 9.00. The second kappa shape index (κ2) is 9.85. The molecule has 2 aromatic carbocycles. The quantitative estimate of drug-likeness (QED) is 0.689. The molecule has 7 nitrogen and oxygen atoms in total. The van der Waals surface area contributed by atoms with Crippen molar-refractivity contribution < 1.29 is 23.8 Å². The van der Waals surface area contributed by atoms with Gasteiger partial charge in [0.1, 0.15) is 5.75 Å². The highest BCUT2D eigenvalue weighted by atomic mass is 35.5. The Morgan fingerprint density at radius 3 is 2.46 bits per heavy atom. The van der Waals surface area contributed by atoms with E-state index in [2.05, 4.69) is 10.9 Å². The zero-order valence-corrected chi connectivity index (χ0v) is 16.9. The summed E-state index contributed by atoms with van der Waals surface area (Å²) in [5.41, 5.74) is 5.78. The number of amides is 2. The number of nitrogens with one attached hydrogen (secondary N) is 2. The largest absolute Gasteiger partial charge is 0.493 e. The fourth-order valence-corrected chi connectivity index (χ4v) is 2.37. The van der Waals surface area contributed by atoms with Crippen molar-refractivity contribution in [3.8, 4) is 17.2 Å². The normalized spacial score (nSPS) is 10.4. The van der Waals surface area contributed by atoms with Crippen LogP contribution in [-0.2, 0) is 4.79 Å². The molecule has 0 aliphatic heterocycles. The summed E-state index contributed by atoms with van der Waals surface area (Å²) in [5.74, 6) is 0.463. The summed E-state index contributed by atoms with van der Waals surface area (Å²) < 4.78 is 16.2. The van der Waals surface area contributed by atoms with Crippen molar-refractivity contribution in [3.05, 3.63) is 52.5 Å². The number of methoxy groups -OCH3 is 1. The van der Waals surface area contributed by atoms with Gasteiger partial charge >= 0.3 is 0 Å². The molecule has 2 N–H and O–H groups in total. The van der Waals surface area contributed by atoms with E-state index in [1.165, 1.54) is 13.2 Å². The third kappa shape index (κ3) is 6.06. The number of carbonyl (C=O) groups excluding carboxylic acids is 2. The predicted octanol–water partition coefficient (Wildman–Crippen LogP) is 3.28. The molecular formula is C20H23ClN2O5. The zero-order chi connectivity index (χ0) is 20.7. The van der Waals surface area contributed by atoms with Crippen LogP contribution >= 0.6 is 11.6 Å². The predicted molar refractivity (Wildman–Crippen MR) is 106 cm³/mol. The topological polar surface area (TPSA) is 85.9 Å². The summed E-state index contributed by atoms with van der Waals surface area (Å²) in [6, 6.07) is 9.82. The molecule has 0 aliphatic carbocycles. The van der Waals surface area contributed by atoms with Gasteiger partial charge in [-0.3, -0.25) is 20.4 Å². The fraction of sp³-hybridized carbons (Fsp3) is 0.300. The van der Waals surface area contributed by atoms with Crippen LogP contribution in [-0.4, -0.2) is 31.6 Å². The van der Waals surface area contributed by atoms with Crippen molar-refractivity contribution in [1.29, 1.82) is 0 Å². The molecule has 2 aromatic rings. The molecule has 0 saturated carbocycles. The summed E-state index contributed by atoms with van der Waals surface area (Å²) in [6.07, 6.45) is -0.0303. The van der Waals surface area contributed by atoms with Crippen LogP contribution in [0.1, 0.15) is 29.8 Å². The number of halogens is 1. The molecule has 8 heteroatoms. The number of aryl methyl sites for hydroxylation is 1. The lowest BCUT2D eigenvalue weighted by Gasteiger charge is -2.14. The third-order valence-corrected chi connectivity index (χ3v) is 4.03. The zero-order valence-electron chi connectivity index (χ0n) is 16.2. The van der Waals surface area contributed by atoms with Crippen molar-refractivity contribution in [2.24, 2.45) is 0 Å². The summed E-state index contributed by atoms with van der Waals surface area (Å²) in [4.78, 5) is 24.1. The van der Waals surface area contributed by atoms with Crippen LogP contribution in [0.3, 0.4) is 0 Å². The monoisotopic (exact) mass is 406 g/mol. The second-order valence-corrected chi connectivity index (χ2v) is 6.64. The molecule has 28 heavy (non-hydrogen) atoms. The van der Waals surface area contributed by atoms with E-state index >= 15 is 0 Å². The first-order chi connectivity index (χ1) is 13.3. The summed E-state index contributed by atoms with van der Waals surface area (Å²) >= 11 is 5.94. The van der Waals surface area contributed by atoms with Crippen LogP contribution in [0, 0.1) is 6.92 Å². The molecule has 0 saturated heterocycles. The van der Waals surface area contributed by atoms with Gasteiger partial charge in [-0.1, -0.05) is 11.6 Å². The minimum atomic E-state index is -0.507. The molecular weight excluding hydrogens is 384 g/mol. The molecule has 0 radical (unpaired) electrons. The van der Waals surface area contributed by atoms with E-state index in [1.54, 1.807) is 30.3 Å². The average Bonchev–Trinajstić information content (AvgIpc) is 2.66. The molecule has 2 amide bonds. The lowest BCUT2D eigenvalue weighted by atomic mass is 10.2. The van der Waals surface area contributed by atoms with E-state index in [0.29, 0.717) is 27.8 Å². The molecule has 150 valence electrons. The molecule has 0 bridgehead atoms. The molecule has 0 aromatic heterocycles. The lowest BCUT2D eigenvalue weighted by Crippen LogP contribution is -2.43. The Bertz CT molecular complexity index is 854. The Morgan fingerprint density at radius 1 is 1.07 bits per heavy atom. The SMILES string of the molecule is COc1cc(C(=O)NNC(=O)COc2ccc(Cl)c(C)c2)ccc1OC(C)C. The number of hydrogen-bond acceptors (Lipinski definition) is 5. The number of hydrazine groups is 1. The van der Waals surface area contributed by atoms with Gasteiger partial charge in [0.15, 0.2) is 18.1 Å². The highest BCUT2D eigenvalue weighted by Gasteiger charge is 2.13. The van der Waals surface area contributed by atoms with Gasteiger partial charge in [-0.15, -0.1) is 0 Å². The van der Waals surface area contributed by atoms with E-state index in [9.17, 15) is 9.59 Å². The van der Waals surface area contributed by atoms with Gasteiger partial charge in [-0.2, -0.15) is 0 Å². The second-order valence-electron chi connectivity index (χ2n) is 6.23. The van der Waals surface area contributed by atoms with Crippen LogP contribution in [0.5, 0.6) is 17.2 Å². The van der Waals surface area contributed by atoms with Crippen LogP contribution in [0.15, 0.2) is 36.4 Å². The molecule has 0 spiro atoms. The fourth-order valence-electron chi connectivity index (χ4n) is 2.25. The van der Waals surface area contributed by atoms with Crippen LogP contribution in [0.2, 0.25) is 5.02 Å². The Morgan fingerprint density at radius 2 is 1.82 bits per heavy atom. The number of benzene rings is 2. The van der Waals surface area contributed by atoms with Gasteiger partial charge in [0.25, 0.3) is 11.8 Å². The maximum atomic E-state index is 12.2. The van der Waals surface area contributed by atoms with Crippen molar-refractivity contribution in [2.75, 3.05) is 13.7 Å². The van der Waals surface area contributed by atoms with Gasteiger partial charge in [-0.25, -0.2) is 0 Å². The standard InChI is InChI=1S/C20H23ClN2O5/c1-12(2)28-17-8-5-14(10-18(17)26-4)20(25)23-22-19(24)11-27-15-6-7-16(21)13(3)9-15/h5-10,12H,11H2,1-4H3,(H,22,24)(H,23,25). The third-order valence-electron chi connectivity index (χ3n) is 3.60. The number of carbonyl (C=O) groups is 2. The smallest absolute Gasteiger partial charge is 0.276 e. The van der Waals surface area contributed by atoms with Crippen LogP contribution in [0.25, 0.3) is 0 Å².